The number of primary amides is 1. The Kier molecular flexibility index (Phi) is 5.76. The summed E-state index contributed by atoms with van der Waals surface area (Å²) in [5.74, 6) is -0.159. The van der Waals surface area contributed by atoms with Gasteiger partial charge in [-0.25, -0.2) is 0 Å². The van der Waals surface area contributed by atoms with Crippen molar-refractivity contribution < 1.29 is 4.79 Å². The van der Waals surface area contributed by atoms with Crippen LogP contribution in [-0.4, -0.2) is 33.9 Å². The summed E-state index contributed by atoms with van der Waals surface area (Å²) < 4.78 is 0. The number of pyridine rings is 2. The molecule has 132 valence electrons. The lowest BCUT2D eigenvalue weighted by Gasteiger charge is -2.41. The van der Waals surface area contributed by atoms with Gasteiger partial charge in [-0.15, -0.1) is 0 Å². The molecule has 0 aliphatic carbocycles. The molecular weight excluding hydrogens is 312 g/mol. The predicted octanol–water partition coefficient (Wildman–Crippen LogP) is 2.57. The second-order valence-electron chi connectivity index (χ2n) is 6.99. The van der Waals surface area contributed by atoms with Gasteiger partial charge in [-0.3, -0.25) is 19.7 Å². The molecule has 0 aromatic carbocycles. The maximum Gasteiger partial charge on any atom is 0.224 e. The van der Waals surface area contributed by atoms with Crippen molar-refractivity contribution in [2.75, 3.05) is 13.1 Å². The van der Waals surface area contributed by atoms with Crippen LogP contribution >= 0.6 is 0 Å². The summed E-state index contributed by atoms with van der Waals surface area (Å²) in [4.78, 5) is 23.1. The number of rotatable bonds is 7. The summed E-state index contributed by atoms with van der Waals surface area (Å²) in [5.41, 5.74) is 7.73. The van der Waals surface area contributed by atoms with Crippen molar-refractivity contribution in [3.05, 3.63) is 60.2 Å². The number of likely N-dealkylation sites (tertiary alicyclic amines) is 1. The molecule has 2 aromatic heterocycles. The molecule has 2 N–H and O–H groups in total. The van der Waals surface area contributed by atoms with Crippen LogP contribution in [0.25, 0.3) is 0 Å². The lowest BCUT2D eigenvalue weighted by Crippen LogP contribution is -2.50. The number of carbonyl (C=O) groups excluding carboxylic acids is 1. The SMILES string of the molecule is NC(=O)[C@]1(CCCc2ccccn2)CCCN(Cc2ccncc2)C1. The predicted molar refractivity (Wildman–Crippen MR) is 97.6 cm³/mol. The molecule has 0 saturated carbocycles. The summed E-state index contributed by atoms with van der Waals surface area (Å²) in [6.45, 7) is 2.60. The molecule has 1 atom stereocenters. The normalized spacial score (nSPS) is 21.1. The molecule has 5 nitrogen and oxygen atoms in total. The topological polar surface area (TPSA) is 72.1 Å². The minimum atomic E-state index is -0.417. The van der Waals surface area contributed by atoms with Gasteiger partial charge in [0.25, 0.3) is 0 Å². The highest BCUT2D eigenvalue weighted by Crippen LogP contribution is 2.35. The van der Waals surface area contributed by atoms with Crippen molar-refractivity contribution >= 4 is 5.91 Å². The number of nitrogens with zero attached hydrogens (tertiary/aromatic N) is 3. The Morgan fingerprint density at radius 2 is 2.04 bits per heavy atom. The Morgan fingerprint density at radius 3 is 2.76 bits per heavy atom. The maximum atomic E-state index is 12.3. The first-order valence-corrected chi connectivity index (χ1v) is 8.99. The zero-order chi connectivity index (χ0) is 17.5. The van der Waals surface area contributed by atoms with Crippen LogP contribution in [0.2, 0.25) is 0 Å². The van der Waals surface area contributed by atoms with E-state index in [1.807, 2.05) is 48.9 Å². The standard InChI is InChI=1S/C20H26N4O/c21-19(25)20(9-3-6-18-5-1-2-11-23-18)10-4-14-24(16-20)15-17-7-12-22-13-8-17/h1-2,5,7-8,11-13H,3-4,6,9-10,14-16H2,(H2,21,25)/t20-/m1/s1. The van der Waals surface area contributed by atoms with Crippen LogP contribution in [0.3, 0.4) is 0 Å². The Hall–Kier alpha value is -2.27. The van der Waals surface area contributed by atoms with Crippen molar-refractivity contribution in [1.82, 2.24) is 14.9 Å². The second kappa shape index (κ2) is 8.21. The number of nitrogens with two attached hydrogens (primary N) is 1. The van der Waals surface area contributed by atoms with E-state index in [-0.39, 0.29) is 5.91 Å². The van der Waals surface area contributed by atoms with Crippen LogP contribution in [0.15, 0.2) is 48.9 Å². The average molecular weight is 338 g/mol. The Balaban J connectivity index is 1.61. The fourth-order valence-electron chi connectivity index (χ4n) is 3.79. The smallest absolute Gasteiger partial charge is 0.224 e. The van der Waals surface area contributed by atoms with Crippen molar-refractivity contribution in [2.45, 2.75) is 38.6 Å². The average Bonchev–Trinajstić information content (AvgIpc) is 2.64. The first kappa shape index (κ1) is 17.5. The zero-order valence-corrected chi connectivity index (χ0v) is 14.6. The first-order chi connectivity index (χ1) is 12.2. The fourth-order valence-corrected chi connectivity index (χ4v) is 3.79. The molecule has 0 radical (unpaired) electrons. The number of carbonyl (C=O) groups is 1. The molecule has 2 aromatic rings. The van der Waals surface area contributed by atoms with Gasteiger partial charge in [-0.1, -0.05) is 6.07 Å². The van der Waals surface area contributed by atoms with Crippen LogP contribution < -0.4 is 5.73 Å². The highest BCUT2D eigenvalue weighted by atomic mass is 16.1. The van der Waals surface area contributed by atoms with Gasteiger partial charge in [0.05, 0.1) is 5.41 Å². The summed E-state index contributed by atoms with van der Waals surface area (Å²) in [7, 11) is 0. The zero-order valence-electron chi connectivity index (χ0n) is 14.6. The molecule has 25 heavy (non-hydrogen) atoms. The number of piperidine rings is 1. The summed E-state index contributed by atoms with van der Waals surface area (Å²) in [6.07, 6.45) is 9.99. The van der Waals surface area contributed by atoms with Crippen LogP contribution in [0, 0.1) is 5.41 Å². The molecule has 5 heteroatoms. The van der Waals surface area contributed by atoms with E-state index in [9.17, 15) is 4.79 Å². The van der Waals surface area contributed by atoms with E-state index in [1.54, 1.807) is 0 Å². The molecule has 3 rings (SSSR count). The molecular formula is C20H26N4O. The molecule has 0 spiro atoms. The Bertz CT molecular complexity index is 677. The van der Waals surface area contributed by atoms with E-state index in [1.165, 1.54) is 5.56 Å². The van der Waals surface area contributed by atoms with Gasteiger partial charge in [-0.2, -0.15) is 0 Å². The third-order valence-electron chi connectivity index (χ3n) is 5.15. The number of amides is 1. The third-order valence-corrected chi connectivity index (χ3v) is 5.15. The van der Waals surface area contributed by atoms with Gasteiger partial charge in [0.1, 0.15) is 0 Å². The molecule has 1 aliphatic rings. The van der Waals surface area contributed by atoms with Gasteiger partial charge in [0, 0.05) is 37.4 Å². The van der Waals surface area contributed by atoms with E-state index in [0.717, 1.165) is 57.4 Å². The largest absolute Gasteiger partial charge is 0.369 e. The summed E-state index contributed by atoms with van der Waals surface area (Å²) in [6, 6.07) is 10.0. The van der Waals surface area contributed by atoms with Crippen LogP contribution in [0.1, 0.15) is 36.9 Å². The minimum absolute atomic E-state index is 0.159. The van der Waals surface area contributed by atoms with Crippen LogP contribution in [0.4, 0.5) is 0 Å². The maximum absolute atomic E-state index is 12.3. The molecule has 1 fully saturated rings. The molecule has 1 aliphatic heterocycles. The van der Waals surface area contributed by atoms with E-state index in [0.29, 0.717) is 0 Å². The molecule has 0 bridgehead atoms. The second-order valence-corrected chi connectivity index (χ2v) is 6.99. The lowest BCUT2D eigenvalue weighted by molar-refractivity contribution is -0.131. The number of aromatic nitrogens is 2. The van der Waals surface area contributed by atoms with Gasteiger partial charge >= 0.3 is 0 Å². The third kappa shape index (κ3) is 4.63. The van der Waals surface area contributed by atoms with E-state index in [4.69, 9.17) is 5.73 Å². The number of aryl methyl sites for hydroxylation is 1. The van der Waals surface area contributed by atoms with E-state index >= 15 is 0 Å². The van der Waals surface area contributed by atoms with Gasteiger partial charge in [-0.05, 0) is 68.5 Å². The van der Waals surface area contributed by atoms with Crippen molar-refractivity contribution in [2.24, 2.45) is 11.1 Å². The quantitative estimate of drug-likeness (QED) is 0.842. The number of hydrogen-bond acceptors (Lipinski definition) is 4. The van der Waals surface area contributed by atoms with E-state index in [2.05, 4.69) is 14.9 Å². The number of hydrogen-bond donors (Lipinski definition) is 1. The van der Waals surface area contributed by atoms with Gasteiger partial charge in [0.2, 0.25) is 5.91 Å². The minimum Gasteiger partial charge on any atom is -0.369 e. The molecule has 1 amide bonds. The highest BCUT2D eigenvalue weighted by molar-refractivity contribution is 5.81. The first-order valence-electron chi connectivity index (χ1n) is 8.99. The Morgan fingerprint density at radius 1 is 1.20 bits per heavy atom. The fraction of sp³-hybridized carbons (Fsp3) is 0.450. The van der Waals surface area contributed by atoms with Gasteiger partial charge < -0.3 is 5.73 Å². The van der Waals surface area contributed by atoms with Crippen LogP contribution in [0.5, 0.6) is 0 Å². The van der Waals surface area contributed by atoms with E-state index < -0.39 is 5.41 Å². The summed E-state index contributed by atoms with van der Waals surface area (Å²) in [5, 5.41) is 0. The molecule has 0 unspecified atom stereocenters. The van der Waals surface area contributed by atoms with Crippen molar-refractivity contribution in [3.63, 3.8) is 0 Å². The Labute approximate surface area is 149 Å². The molecule has 3 heterocycles. The van der Waals surface area contributed by atoms with Crippen LogP contribution in [-0.2, 0) is 17.8 Å². The van der Waals surface area contributed by atoms with Gasteiger partial charge in [0.15, 0.2) is 0 Å². The van der Waals surface area contributed by atoms with Crippen molar-refractivity contribution in [3.8, 4) is 0 Å². The highest BCUT2D eigenvalue weighted by Gasteiger charge is 2.40. The molecule has 1 saturated heterocycles. The monoisotopic (exact) mass is 338 g/mol. The lowest BCUT2D eigenvalue weighted by atomic mass is 9.75. The summed E-state index contributed by atoms with van der Waals surface area (Å²) >= 11 is 0. The van der Waals surface area contributed by atoms with Crippen molar-refractivity contribution in [1.29, 1.82) is 0 Å².